The summed E-state index contributed by atoms with van der Waals surface area (Å²) in [5.41, 5.74) is -1.32. The van der Waals surface area contributed by atoms with Crippen LogP contribution in [0.2, 0.25) is 0 Å². The Bertz CT molecular complexity index is 1430. The van der Waals surface area contributed by atoms with Crippen LogP contribution in [0.3, 0.4) is 0 Å². The largest absolute Gasteiger partial charge is 0.466 e. The van der Waals surface area contributed by atoms with Crippen LogP contribution >= 0.6 is 0 Å². The zero-order chi connectivity index (χ0) is 25.4. The smallest absolute Gasteiger partial charge is 0.338 e. The van der Waals surface area contributed by atoms with Crippen LogP contribution in [-0.4, -0.2) is 43.8 Å². The van der Waals surface area contributed by atoms with Gasteiger partial charge in [0.15, 0.2) is 5.54 Å². The van der Waals surface area contributed by atoms with E-state index in [9.17, 15) is 22.8 Å². The monoisotopic (exact) mass is 495 g/mol. The summed E-state index contributed by atoms with van der Waals surface area (Å²) in [6.45, 7) is 4.88. The van der Waals surface area contributed by atoms with Crippen molar-refractivity contribution in [2.45, 2.75) is 37.6 Å². The molecule has 0 saturated carbocycles. The molecule has 182 valence electrons. The molecule has 1 atom stereocenters. The molecule has 1 amide bonds. The Hall–Kier alpha value is -3.72. The molecule has 8 nitrogen and oxygen atoms in total. The van der Waals surface area contributed by atoms with Crippen LogP contribution in [-0.2, 0) is 34.6 Å². The summed E-state index contributed by atoms with van der Waals surface area (Å²) in [6.07, 6.45) is -0.720. The molecular weight excluding hydrogens is 470 g/mol. The number of benzene rings is 3. The number of rotatable bonds is 7. The topological polar surface area (TPSA) is 107 Å². The fourth-order valence-corrected chi connectivity index (χ4v) is 6.11. The lowest BCUT2D eigenvalue weighted by Gasteiger charge is -2.35. The molecule has 3 aromatic rings. The quantitative estimate of drug-likeness (QED) is 0.460. The lowest BCUT2D eigenvalue weighted by atomic mass is 9.85. The average Bonchev–Trinajstić information content (AvgIpc) is 3.09. The number of nitrogens with zero attached hydrogens (tertiary/aromatic N) is 1. The molecule has 1 unspecified atom stereocenters. The summed E-state index contributed by atoms with van der Waals surface area (Å²) < 4.78 is 38.8. The van der Waals surface area contributed by atoms with Crippen molar-refractivity contribution in [3.8, 4) is 0 Å². The van der Waals surface area contributed by atoms with E-state index in [4.69, 9.17) is 9.47 Å². The van der Waals surface area contributed by atoms with Crippen LogP contribution in [0.25, 0.3) is 10.8 Å². The highest BCUT2D eigenvalue weighted by Gasteiger charge is 2.62. The molecular formula is C26H25NO7S. The Labute approximate surface area is 203 Å². The number of ether oxygens (including phenoxy) is 2. The van der Waals surface area contributed by atoms with Crippen LogP contribution in [0.5, 0.6) is 0 Å². The molecule has 9 heteroatoms. The summed E-state index contributed by atoms with van der Waals surface area (Å²) >= 11 is 0. The van der Waals surface area contributed by atoms with Crippen LogP contribution in [0.1, 0.15) is 41.8 Å². The van der Waals surface area contributed by atoms with Crippen LogP contribution in [0, 0.1) is 6.92 Å². The third-order valence-corrected chi connectivity index (χ3v) is 7.82. The molecule has 35 heavy (non-hydrogen) atoms. The minimum atomic E-state index is -4.60. The van der Waals surface area contributed by atoms with Gasteiger partial charge in [0.25, 0.3) is 15.9 Å². The fraction of sp³-hybridized carbons (Fsp3) is 0.269. The van der Waals surface area contributed by atoms with E-state index in [2.05, 4.69) is 0 Å². The highest BCUT2D eigenvalue weighted by Crippen LogP contribution is 2.48. The van der Waals surface area contributed by atoms with Gasteiger partial charge < -0.3 is 9.47 Å². The second-order valence-electron chi connectivity index (χ2n) is 8.16. The maximum atomic E-state index is 14.0. The van der Waals surface area contributed by atoms with Crippen LogP contribution < -0.4 is 0 Å². The van der Waals surface area contributed by atoms with Crippen LogP contribution in [0.15, 0.2) is 65.6 Å². The first-order chi connectivity index (χ1) is 16.7. The zero-order valence-electron chi connectivity index (χ0n) is 19.6. The number of hydrogen-bond donors (Lipinski definition) is 0. The number of carbonyl (C=O) groups excluding carboxylic acids is 3. The number of fused-ring (bicyclic) bond motifs is 3. The van der Waals surface area contributed by atoms with Gasteiger partial charge in [-0.2, -0.15) is 0 Å². The van der Waals surface area contributed by atoms with Crippen molar-refractivity contribution in [1.82, 2.24) is 4.31 Å². The van der Waals surface area contributed by atoms with E-state index in [1.807, 2.05) is 0 Å². The molecule has 0 aromatic heterocycles. The molecule has 1 aliphatic rings. The predicted molar refractivity (Wildman–Crippen MR) is 128 cm³/mol. The normalized spacial score (nSPS) is 17.3. The SMILES string of the molecule is CCOC(=O)CC1(C(=O)OCC)c2ccc3ccccc3c2C(=O)N1S(=O)(=O)c1ccc(C)cc1. The lowest BCUT2D eigenvalue weighted by molar-refractivity contribution is -0.160. The van der Waals surface area contributed by atoms with Crippen molar-refractivity contribution in [3.63, 3.8) is 0 Å². The standard InChI is InChI=1S/C26H25NO7S/c1-4-33-22(28)16-26(25(30)34-5-2)21-15-12-18-8-6-7-9-20(18)23(21)24(29)27(26)35(31,32)19-13-10-17(3)11-14-19/h6-15H,4-5,16H2,1-3H3. The minimum absolute atomic E-state index is 0.0149. The third-order valence-electron chi connectivity index (χ3n) is 6.00. The minimum Gasteiger partial charge on any atom is -0.466 e. The average molecular weight is 496 g/mol. The molecule has 4 rings (SSSR count). The van der Waals surface area contributed by atoms with Gasteiger partial charge in [0, 0.05) is 5.56 Å². The highest BCUT2D eigenvalue weighted by atomic mass is 32.2. The van der Waals surface area contributed by atoms with Gasteiger partial charge in [-0.3, -0.25) is 9.59 Å². The number of sulfonamides is 1. The Morgan fingerprint density at radius 3 is 2.23 bits per heavy atom. The fourth-order valence-electron chi connectivity index (χ4n) is 4.46. The number of amides is 1. The number of aryl methyl sites for hydroxylation is 1. The summed E-state index contributed by atoms with van der Waals surface area (Å²) in [4.78, 5) is 40.1. The van der Waals surface area contributed by atoms with Gasteiger partial charge >= 0.3 is 11.9 Å². The molecule has 0 spiro atoms. The predicted octanol–water partition coefficient (Wildman–Crippen LogP) is 3.70. The zero-order valence-corrected chi connectivity index (χ0v) is 20.4. The van der Waals surface area contributed by atoms with Gasteiger partial charge in [-0.05, 0) is 43.7 Å². The summed E-state index contributed by atoms with van der Waals surface area (Å²) in [7, 11) is -4.60. The van der Waals surface area contributed by atoms with E-state index >= 15 is 0 Å². The van der Waals surface area contributed by atoms with E-state index in [-0.39, 0.29) is 29.2 Å². The van der Waals surface area contributed by atoms with Crippen molar-refractivity contribution < 1.29 is 32.3 Å². The van der Waals surface area contributed by atoms with Crippen molar-refractivity contribution in [3.05, 3.63) is 77.4 Å². The maximum Gasteiger partial charge on any atom is 0.338 e. The molecule has 0 N–H and O–H groups in total. The van der Waals surface area contributed by atoms with Crippen LogP contribution in [0.4, 0.5) is 0 Å². The van der Waals surface area contributed by atoms with Gasteiger partial charge in [-0.1, -0.05) is 54.1 Å². The van der Waals surface area contributed by atoms with Crippen molar-refractivity contribution in [2.75, 3.05) is 13.2 Å². The first-order valence-corrected chi connectivity index (χ1v) is 12.6. The molecule has 0 aliphatic carbocycles. The Kier molecular flexibility index (Phi) is 6.38. The second-order valence-corrected chi connectivity index (χ2v) is 9.95. The summed E-state index contributed by atoms with van der Waals surface area (Å²) in [5.74, 6) is -2.76. The summed E-state index contributed by atoms with van der Waals surface area (Å²) in [6, 6.07) is 16.0. The Balaban J connectivity index is 2.07. The van der Waals surface area contributed by atoms with Crippen molar-refractivity contribution in [1.29, 1.82) is 0 Å². The molecule has 0 fully saturated rings. The van der Waals surface area contributed by atoms with Gasteiger partial charge in [0.2, 0.25) is 0 Å². The van der Waals surface area contributed by atoms with Gasteiger partial charge in [-0.15, -0.1) is 0 Å². The van der Waals surface area contributed by atoms with E-state index in [1.54, 1.807) is 63.2 Å². The second kappa shape index (κ2) is 9.14. The molecule has 0 radical (unpaired) electrons. The first-order valence-electron chi connectivity index (χ1n) is 11.2. The number of esters is 2. The van der Waals surface area contributed by atoms with E-state index in [1.165, 1.54) is 18.2 Å². The highest BCUT2D eigenvalue weighted by molar-refractivity contribution is 7.89. The van der Waals surface area contributed by atoms with Gasteiger partial charge in [0.1, 0.15) is 0 Å². The first kappa shape index (κ1) is 24.4. The van der Waals surface area contributed by atoms with E-state index in [0.717, 1.165) is 5.56 Å². The van der Waals surface area contributed by atoms with E-state index < -0.39 is 39.8 Å². The van der Waals surface area contributed by atoms with Gasteiger partial charge in [0.05, 0.1) is 30.1 Å². The van der Waals surface area contributed by atoms with Crippen molar-refractivity contribution >= 4 is 38.6 Å². The van der Waals surface area contributed by atoms with E-state index in [0.29, 0.717) is 15.1 Å². The lowest BCUT2D eigenvalue weighted by Crippen LogP contribution is -2.54. The molecule has 1 heterocycles. The molecule has 0 saturated heterocycles. The van der Waals surface area contributed by atoms with Crippen molar-refractivity contribution in [2.24, 2.45) is 0 Å². The van der Waals surface area contributed by atoms with Gasteiger partial charge in [-0.25, -0.2) is 17.5 Å². The Morgan fingerprint density at radius 1 is 0.914 bits per heavy atom. The summed E-state index contributed by atoms with van der Waals surface area (Å²) in [5, 5.41) is 1.15. The molecule has 3 aromatic carbocycles. The number of carbonyl (C=O) groups is 3. The Morgan fingerprint density at radius 2 is 1.57 bits per heavy atom. The molecule has 1 aliphatic heterocycles. The molecule has 0 bridgehead atoms. The number of hydrogen-bond acceptors (Lipinski definition) is 7. The third kappa shape index (κ3) is 3.85. The maximum absolute atomic E-state index is 14.0.